The molecule has 0 radical (unpaired) electrons. The van der Waals surface area contributed by atoms with Gasteiger partial charge in [-0.2, -0.15) is 0 Å². The highest BCUT2D eigenvalue weighted by Crippen LogP contribution is 2.52. The third kappa shape index (κ3) is 1.52. The van der Waals surface area contributed by atoms with E-state index in [1.165, 1.54) is 4.90 Å². The Labute approximate surface area is 129 Å². The molecule has 21 heavy (non-hydrogen) atoms. The summed E-state index contributed by atoms with van der Waals surface area (Å²) in [6, 6.07) is 7.11. The summed E-state index contributed by atoms with van der Waals surface area (Å²) in [5, 5.41) is 9.64. The van der Waals surface area contributed by atoms with E-state index >= 15 is 0 Å². The van der Waals surface area contributed by atoms with Crippen molar-refractivity contribution >= 4 is 33.4 Å². The number of fused-ring (bicyclic) bond motifs is 5. The summed E-state index contributed by atoms with van der Waals surface area (Å²) >= 11 is 3.38. The number of aliphatic hydroxyl groups excluding tert-OH is 1. The number of rotatable bonds is 2. The molecule has 3 aliphatic heterocycles. The number of carbonyl (C=O) groups is 2. The second-order valence-electron chi connectivity index (χ2n) is 5.52. The van der Waals surface area contributed by atoms with Crippen LogP contribution in [-0.2, 0) is 14.3 Å². The summed E-state index contributed by atoms with van der Waals surface area (Å²) in [5.41, 5.74) is -0.507. The first-order valence-electron chi connectivity index (χ1n) is 6.69. The van der Waals surface area contributed by atoms with Crippen molar-refractivity contribution in [1.29, 1.82) is 0 Å². The van der Waals surface area contributed by atoms with Crippen LogP contribution >= 0.6 is 15.9 Å². The Balaban J connectivity index is 1.81. The maximum Gasteiger partial charge on any atom is 0.241 e. The molecule has 0 saturated carbocycles. The number of nitrogens with zero attached hydrogens (tertiary/aromatic N) is 1. The van der Waals surface area contributed by atoms with Gasteiger partial charge in [0.25, 0.3) is 0 Å². The fourth-order valence-corrected chi connectivity index (χ4v) is 4.02. The highest BCUT2D eigenvalue weighted by atomic mass is 79.9. The number of ether oxygens (including phenoxy) is 1. The third-order valence-electron chi connectivity index (χ3n) is 4.50. The first-order valence-corrected chi connectivity index (χ1v) is 7.49. The lowest BCUT2D eigenvalue weighted by atomic mass is 9.77. The molecule has 2 fully saturated rings. The molecule has 4 rings (SSSR count). The average Bonchev–Trinajstić information content (AvgIpc) is 3.12. The summed E-state index contributed by atoms with van der Waals surface area (Å²) in [4.78, 5) is 26.7. The minimum atomic E-state index is -1.04. The maximum absolute atomic E-state index is 12.8. The van der Waals surface area contributed by atoms with Gasteiger partial charge in [-0.1, -0.05) is 24.3 Å². The van der Waals surface area contributed by atoms with Crippen molar-refractivity contribution in [1.82, 2.24) is 0 Å². The van der Waals surface area contributed by atoms with E-state index in [1.54, 1.807) is 30.4 Å². The number of para-hydroxylation sites is 1. The minimum absolute atomic E-state index is 0.262. The van der Waals surface area contributed by atoms with Crippen LogP contribution in [0.2, 0.25) is 0 Å². The van der Waals surface area contributed by atoms with Crippen LogP contribution in [0.25, 0.3) is 0 Å². The van der Waals surface area contributed by atoms with Crippen molar-refractivity contribution in [3.8, 4) is 0 Å². The summed E-state index contributed by atoms with van der Waals surface area (Å²) in [6.45, 7) is -0.302. The van der Waals surface area contributed by atoms with Gasteiger partial charge >= 0.3 is 0 Å². The van der Waals surface area contributed by atoms with Crippen LogP contribution in [-0.4, -0.2) is 35.2 Å². The van der Waals surface area contributed by atoms with Crippen LogP contribution in [0.1, 0.15) is 0 Å². The van der Waals surface area contributed by atoms with Crippen molar-refractivity contribution in [3.05, 3.63) is 40.9 Å². The monoisotopic (exact) mass is 349 g/mol. The molecule has 2 amide bonds. The molecule has 1 N–H and O–H groups in total. The highest BCUT2D eigenvalue weighted by molar-refractivity contribution is 9.10. The van der Waals surface area contributed by atoms with Crippen molar-refractivity contribution in [2.75, 3.05) is 11.5 Å². The summed E-state index contributed by atoms with van der Waals surface area (Å²) in [6.07, 6.45) is 3.06. The SMILES string of the molecule is O=C1[C@@H]2[C@@H]3C=C[C@@](CO)(O3)[C@@H]2C(=O)N1c1ccccc1Br. The Kier molecular flexibility index (Phi) is 2.67. The molecule has 2 saturated heterocycles. The van der Waals surface area contributed by atoms with Crippen molar-refractivity contribution in [3.63, 3.8) is 0 Å². The van der Waals surface area contributed by atoms with E-state index in [-0.39, 0.29) is 18.4 Å². The number of amides is 2. The Hall–Kier alpha value is -1.50. The van der Waals surface area contributed by atoms with Crippen LogP contribution in [0.15, 0.2) is 40.9 Å². The van der Waals surface area contributed by atoms with E-state index in [9.17, 15) is 14.7 Å². The van der Waals surface area contributed by atoms with Gasteiger partial charge < -0.3 is 9.84 Å². The molecule has 6 heteroatoms. The van der Waals surface area contributed by atoms with Gasteiger partial charge in [-0.15, -0.1) is 0 Å². The fraction of sp³-hybridized carbons (Fsp3) is 0.333. The van der Waals surface area contributed by atoms with Crippen molar-refractivity contribution < 1.29 is 19.4 Å². The second-order valence-corrected chi connectivity index (χ2v) is 6.38. The molecule has 2 bridgehead atoms. The summed E-state index contributed by atoms with van der Waals surface area (Å²) < 4.78 is 6.38. The Morgan fingerprint density at radius 2 is 2.05 bits per heavy atom. The Bertz CT molecular complexity index is 688. The predicted octanol–water partition coefficient (Wildman–Crippen LogP) is 1.25. The number of halogens is 1. The van der Waals surface area contributed by atoms with Crippen molar-refractivity contribution in [2.45, 2.75) is 11.7 Å². The smallest absolute Gasteiger partial charge is 0.241 e. The number of benzene rings is 1. The number of carbonyl (C=O) groups excluding carboxylic acids is 2. The molecule has 0 aromatic heterocycles. The van der Waals surface area contributed by atoms with Gasteiger partial charge in [0.15, 0.2) is 0 Å². The zero-order valence-corrected chi connectivity index (χ0v) is 12.5. The van der Waals surface area contributed by atoms with Gasteiger partial charge in [0.1, 0.15) is 5.60 Å². The number of hydrogen-bond donors (Lipinski definition) is 1. The molecule has 4 atom stereocenters. The third-order valence-corrected chi connectivity index (χ3v) is 5.17. The molecule has 0 aliphatic carbocycles. The molecule has 3 heterocycles. The maximum atomic E-state index is 12.8. The normalized spacial score (nSPS) is 36.7. The lowest BCUT2D eigenvalue weighted by Crippen LogP contribution is -2.43. The van der Waals surface area contributed by atoms with Gasteiger partial charge in [0.2, 0.25) is 11.8 Å². The van der Waals surface area contributed by atoms with Crippen LogP contribution in [0.4, 0.5) is 5.69 Å². The average molecular weight is 350 g/mol. The minimum Gasteiger partial charge on any atom is -0.393 e. The number of hydrogen-bond acceptors (Lipinski definition) is 4. The number of aliphatic hydroxyl groups is 1. The van der Waals surface area contributed by atoms with Gasteiger partial charge in [-0.05, 0) is 28.1 Å². The second kappa shape index (κ2) is 4.25. The molecule has 1 aromatic rings. The van der Waals surface area contributed by atoms with Gasteiger partial charge in [-0.3, -0.25) is 9.59 Å². The van der Waals surface area contributed by atoms with E-state index < -0.39 is 23.5 Å². The predicted molar refractivity (Wildman–Crippen MR) is 77.4 cm³/mol. The first-order chi connectivity index (χ1) is 10.1. The largest absolute Gasteiger partial charge is 0.393 e. The van der Waals surface area contributed by atoms with E-state index in [0.29, 0.717) is 10.2 Å². The molecular weight excluding hydrogens is 338 g/mol. The number of imide groups is 1. The van der Waals surface area contributed by atoms with Gasteiger partial charge in [0, 0.05) is 4.47 Å². The fourth-order valence-electron chi connectivity index (χ4n) is 3.55. The zero-order valence-electron chi connectivity index (χ0n) is 10.9. The lowest BCUT2D eigenvalue weighted by molar-refractivity contribution is -0.128. The topological polar surface area (TPSA) is 66.8 Å². The van der Waals surface area contributed by atoms with Crippen LogP contribution in [0, 0.1) is 11.8 Å². The van der Waals surface area contributed by atoms with E-state index in [2.05, 4.69) is 15.9 Å². The standard InChI is InChI=1S/C15H12BrNO4/c16-8-3-1-2-4-9(8)17-13(19)11-10-5-6-15(7-18,21-10)12(11)14(17)20/h1-6,10-12,18H,7H2/t10-,11+,12-,15-/m0/s1. The quantitative estimate of drug-likeness (QED) is 0.644. The Morgan fingerprint density at radius 3 is 2.76 bits per heavy atom. The first kappa shape index (κ1) is 13.2. The molecule has 0 spiro atoms. The zero-order chi connectivity index (χ0) is 14.8. The Morgan fingerprint density at radius 1 is 1.29 bits per heavy atom. The molecule has 5 nitrogen and oxygen atoms in total. The summed E-state index contributed by atoms with van der Waals surface area (Å²) in [7, 11) is 0. The van der Waals surface area contributed by atoms with Crippen molar-refractivity contribution in [2.24, 2.45) is 11.8 Å². The van der Waals surface area contributed by atoms with Gasteiger partial charge in [0.05, 0.1) is 30.2 Å². The van der Waals surface area contributed by atoms with Crippen LogP contribution < -0.4 is 4.90 Å². The van der Waals surface area contributed by atoms with E-state index in [1.807, 2.05) is 6.07 Å². The summed E-state index contributed by atoms with van der Waals surface area (Å²) in [5.74, 6) is -1.75. The molecule has 1 aromatic carbocycles. The van der Waals surface area contributed by atoms with Gasteiger partial charge in [-0.25, -0.2) is 4.90 Å². The van der Waals surface area contributed by atoms with E-state index in [0.717, 1.165) is 0 Å². The molecule has 0 unspecified atom stereocenters. The van der Waals surface area contributed by atoms with E-state index in [4.69, 9.17) is 4.74 Å². The van der Waals surface area contributed by atoms with Crippen LogP contribution in [0.5, 0.6) is 0 Å². The molecule has 108 valence electrons. The molecule has 3 aliphatic rings. The lowest BCUT2D eigenvalue weighted by Gasteiger charge is -2.26. The van der Waals surface area contributed by atoms with Crippen LogP contribution in [0.3, 0.4) is 0 Å². The molecular formula is C15H12BrNO4. The highest BCUT2D eigenvalue weighted by Gasteiger charge is 2.67. The number of anilines is 1.